The molecule has 0 atom stereocenters. The Labute approximate surface area is 134 Å². The minimum atomic E-state index is 0.167. The highest BCUT2D eigenvalue weighted by Gasteiger charge is 2.14. The third-order valence-corrected chi connectivity index (χ3v) is 3.30. The van der Waals surface area contributed by atoms with Gasteiger partial charge in [-0.2, -0.15) is 0 Å². The number of nitrogens with one attached hydrogen (secondary N) is 2. The van der Waals surface area contributed by atoms with E-state index in [9.17, 15) is 5.11 Å². The van der Waals surface area contributed by atoms with Gasteiger partial charge in [-0.05, 0) is 36.4 Å². The summed E-state index contributed by atoms with van der Waals surface area (Å²) in [5.74, 6) is 0.167. The normalized spacial score (nSPS) is 16.0. The van der Waals surface area contributed by atoms with Crippen LogP contribution >= 0.6 is 0 Å². The van der Waals surface area contributed by atoms with E-state index in [-0.39, 0.29) is 11.5 Å². The Morgan fingerprint density at radius 2 is 1.78 bits per heavy atom. The van der Waals surface area contributed by atoms with Gasteiger partial charge in [-0.15, -0.1) is 0 Å². The highest BCUT2D eigenvalue weighted by molar-refractivity contribution is 6.50. The maximum atomic E-state index is 9.53. The van der Waals surface area contributed by atoms with Crippen molar-refractivity contribution in [1.29, 1.82) is 5.41 Å². The monoisotopic (exact) mass is 304 g/mol. The number of para-hydroxylation sites is 1. The van der Waals surface area contributed by atoms with Crippen LogP contribution in [0.1, 0.15) is 0 Å². The Morgan fingerprint density at radius 3 is 2.52 bits per heavy atom. The number of phenolic OH excluding ortho intramolecular Hbond substituents is 1. The van der Waals surface area contributed by atoms with Gasteiger partial charge >= 0.3 is 0 Å². The first-order chi connectivity index (χ1) is 11.1. The smallest absolute Gasteiger partial charge is 0.117 e. The average Bonchev–Trinajstić information content (AvgIpc) is 2.53. The van der Waals surface area contributed by atoms with Crippen molar-refractivity contribution in [2.75, 3.05) is 5.32 Å². The van der Waals surface area contributed by atoms with Crippen LogP contribution in [0.2, 0.25) is 0 Å². The summed E-state index contributed by atoms with van der Waals surface area (Å²) in [5.41, 5.74) is 9.33. The zero-order valence-corrected chi connectivity index (χ0v) is 12.3. The van der Waals surface area contributed by atoms with Gasteiger partial charge in [0.05, 0.1) is 28.5 Å². The summed E-state index contributed by atoms with van der Waals surface area (Å²) >= 11 is 0. The molecule has 0 saturated heterocycles. The van der Waals surface area contributed by atoms with E-state index in [4.69, 9.17) is 11.1 Å². The van der Waals surface area contributed by atoms with E-state index in [2.05, 4.69) is 10.3 Å². The van der Waals surface area contributed by atoms with Crippen LogP contribution < -0.4 is 11.1 Å². The van der Waals surface area contributed by atoms with Crippen LogP contribution in [0.5, 0.6) is 5.75 Å². The molecule has 0 aliphatic heterocycles. The number of phenols is 1. The zero-order chi connectivity index (χ0) is 16.2. The predicted molar refractivity (Wildman–Crippen MR) is 93.3 cm³/mol. The molecule has 5 heteroatoms. The minimum Gasteiger partial charge on any atom is -0.508 e. The van der Waals surface area contributed by atoms with E-state index in [1.807, 2.05) is 36.4 Å². The molecule has 2 aromatic rings. The molecule has 1 aliphatic carbocycles. The molecule has 0 spiro atoms. The molecule has 1 aliphatic rings. The largest absolute Gasteiger partial charge is 0.508 e. The molecule has 0 amide bonds. The minimum absolute atomic E-state index is 0.167. The first-order valence-corrected chi connectivity index (χ1v) is 7.10. The molecule has 5 N–H and O–H groups in total. The summed E-state index contributed by atoms with van der Waals surface area (Å²) in [6.07, 6.45) is 3.29. The van der Waals surface area contributed by atoms with E-state index >= 15 is 0 Å². The van der Waals surface area contributed by atoms with Crippen LogP contribution in [-0.4, -0.2) is 16.5 Å². The Kier molecular flexibility index (Phi) is 3.93. The third kappa shape index (κ3) is 3.47. The molecule has 5 nitrogen and oxygen atoms in total. The van der Waals surface area contributed by atoms with E-state index in [1.165, 1.54) is 0 Å². The van der Waals surface area contributed by atoms with Crippen molar-refractivity contribution in [2.45, 2.75) is 0 Å². The number of aromatic hydroxyl groups is 1. The van der Waals surface area contributed by atoms with Gasteiger partial charge in [0.2, 0.25) is 0 Å². The molecular formula is C18H16N4O. The quantitative estimate of drug-likeness (QED) is 0.655. The van der Waals surface area contributed by atoms with E-state index in [0.29, 0.717) is 22.8 Å². The number of allylic oxidation sites excluding steroid dienone is 2. The Balaban J connectivity index is 1.92. The van der Waals surface area contributed by atoms with Gasteiger partial charge in [0.15, 0.2) is 0 Å². The Hall–Kier alpha value is -3.34. The summed E-state index contributed by atoms with van der Waals surface area (Å²) in [6.45, 7) is 0. The molecule has 0 radical (unpaired) electrons. The summed E-state index contributed by atoms with van der Waals surface area (Å²) in [4.78, 5) is 4.47. The molecule has 3 rings (SSSR count). The maximum Gasteiger partial charge on any atom is 0.117 e. The second-order valence-corrected chi connectivity index (χ2v) is 5.08. The van der Waals surface area contributed by atoms with Gasteiger partial charge in [-0.3, -0.25) is 5.41 Å². The van der Waals surface area contributed by atoms with Crippen molar-refractivity contribution in [1.82, 2.24) is 0 Å². The molecule has 114 valence electrons. The molecule has 23 heavy (non-hydrogen) atoms. The van der Waals surface area contributed by atoms with E-state index in [0.717, 1.165) is 5.69 Å². The van der Waals surface area contributed by atoms with Gasteiger partial charge < -0.3 is 16.2 Å². The second-order valence-electron chi connectivity index (χ2n) is 5.08. The van der Waals surface area contributed by atoms with Gasteiger partial charge in [-0.25, -0.2) is 4.99 Å². The Bertz CT molecular complexity index is 835. The van der Waals surface area contributed by atoms with Crippen LogP contribution in [0.3, 0.4) is 0 Å². The molecular weight excluding hydrogens is 288 g/mol. The highest BCUT2D eigenvalue weighted by atomic mass is 16.3. The molecule has 0 fully saturated rings. The van der Waals surface area contributed by atoms with Crippen molar-refractivity contribution >= 4 is 22.8 Å². The lowest BCUT2D eigenvalue weighted by atomic mass is 10.0. The van der Waals surface area contributed by atoms with Crippen LogP contribution in [0.4, 0.5) is 11.4 Å². The second kappa shape index (κ2) is 6.19. The number of nitrogens with two attached hydrogens (primary N) is 1. The summed E-state index contributed by atoms with van der Waals surface area (Å²) in [7, 11) is 0. The van der Waals surface area contributed by atoms with Gasteiger partial charge in [0.25, 0.3) is 0 Å². The molecule has 0 heterocycles. The molecule has 2 aromatic carbocycles. The highest BCUT2D eigenvalue weighted by Crippen LogP contribution is 2.21. The number of rotatable bonds is 3. The number of hydrogen-bond acceptors (Lipinski definition) is 5. The van der Waals surface area contributed by atoms with Crippen molar-refractivity contribution in [3.63, 3.8) is 0 Å². The first-order valence-electron chi connectivity index (χ1n) is 7.10. The van der Waals surface area contributed by atoms with Crippen molar-refractivity contribution < 1.29 is 5.11 Å². The molecule has 0 saturated carbocycles. The number of benzene rings is 2. The zero-order valence-electron chi connectivity index (χ0n) is 12.3. The fourth-order valence-electron chi connectivity index (χ4n) is 2.19. The van der Waals surface area contributed by atoms with Gasteiger partial charge in [0.1, 0.15) is 5.75 Å². The van der Waals surface area contributed by atoms with Crippen LogP contribution in [0.25, 0.3) is 0 Å². The van der Waals surface area contributed by atoms with Crippen LogP contribution in [0, 0.1) is 5.41 Å². The van der Waals surface area contributed by atoms with Crippen molar-refractivity contribution in [3.8, 4) is 5.75 Å². The summed E-state index contributed by atoms with van der Waals surface area (Å²) in [5, 5.41) is 20.7. The maximum absolute atomic E-state index is 9.53. The molecule has 0 unspecified atom stereocenters. The molecule has 0 bridgehead atoms. The topological polar surface area (TPSA) is 94.5 Å². The standard InChI is InChI=1S/C18H16N4O/c19-15-10-16(20)18(22-13-7-4-8-14(23)9-13)11-17(15)21-12-5-2-1-3-6-12/h1-11,19,22-23H,20H2. The third-order valence-electron chi connectivity index (χ3n) is 3.30. The fourth-order valence-corrected chi connectivity index (χ4v) is 2.19. The first kappa shape index (κ1) is 14.6. The van der Waals surface area contributed by atoms with Crippen LogP contribution in [0.15, 0.2) is 83.1 Å². The van der Waals surface area contributed by atoms with Crippen molar-refractivity contribution in [3.05, 3.63) is 78.1 Å². The number of hydrogen-bond donors (Lipinski definition) is 4. The van der Waals surface area contributed by atoms with Crippen LogP contribution in [-0.2, 0) is 0 Å². The lowest BCUT2D eigenvalue weighted by molar-refractivity contribution is 0.475. The predicted octanol–water partition coefficient (Wildman–Crippen LogP) is 3.34. The van der Waals surface area contributed by atoms with E-state index in [1.54, 1.807) is 30.4 Å². The summed E-state index contributed by atoms with van der Waals surface area (Å²) in [6, 6.07) is 16.2. The van der Waals surface area contributed by atoms with E-state index < -0.39 is 0 Å². The average molecular weight is 304 g/mol. The number of anilines is 1. The van der Waals surface area contributed by atoms with Gasteiger partial charge in [0, 0.05) is 11.8 Å². The van der Waals surface area contributed by atoms with Gasteiger partial charge in [-0.1, -0.05) is 24.3 Å². The SMILES string of the molecule is N=C1C=C(N)C(Nc2cccc(O)c2)=CC1=Nc1ccccc1. The molecule has 0 aromatic heterocycles. The van der Waals surface area contributed by atoms with Crippen molar-refractivity contribution in [2.24, 2.45) is 10.7 Å². The Morgan fingerprint density at radius 1 is 1.00 bits per heavy atom. The lowest BCUT2D eigenvalue weighted by Crippen LogP contribution is -2.21. The number of nitrogens with zero attached hydrogens (tertiary/aromatic N) is 1. The lowest BCUT2D eigenvalue weighted by Gasteiger charge is -2.16. The fraction of sp³-hybridized carbons (Fsp3) is 0. The number of aliphatic imine (C=N–C) groups is 1. The summed E-state index contributed by atoms with van der Waals surface area (Å²) < 4.78 is 0.